The van der Waals surface area contributed by atoms with E-state index in [0.717, 1.165) is 56.2 Å². The summed E-state index contributed by atoms with van der Waals surface area (Å²) in [7, 11) is 1.99. The van der Waals surface area contributed by atoms with Gasteiger partial charge in [-0.25, -0.2) is 0 Å². The van der Waals surface area contributed by atoms with E-state index in [9.17, 15) is 5.11 Å². The highest BCUT2D eigenvalue weighted by atomic mass is 16.5. The van der Waals surface area contributed by atoms with Crippen LogP contribution in [-0.4, -0.2) is 56.4 Å². The number of anilines is 2. The van der Waals surface area contributed by atoms with E-state index in [0.29, 0.717) is 34.9 Å². The van der Waals surface area contributed by atoms with E-state index in [1.807, 2.05) is 43.4 Å². The van der Waals surface area contributed by atoms with Crippen LogP contribution in [0.25, 0.3) is 0 Å². The molecule has 0 radical (unpaired) electrons. The van der Waals surface area contributed by atoms with Gasteiger partial charge in [-0.2, -0.15) is 0 Å². The topological polar surface area (TPSA) is 97.2 Å². The van der Waals surface area contributed by atoms with Crippen LogP contribution in [-0.2, 0) is 16.9 Å². The Kier molecular flexibility index (Phi) is 6.18. The lowest BCUT2D eigenvalue weighted by Gasteiger charge is -2.37. The van der Waals surface area contributed by atoms with Crippen molar-refractivity contribution in [1.82, 2.24) is 4.90 Å². The van der Waals surface area contributed by atoms with E-state index in [1.165, 1.54) is 0 Å². The Bertz CT molecular complexity index is 1180. The minimum absolute atomic E-state index is 0.549. The highest BCUT2D eigenvalue weighted by Crippen LogP contribution is 2.51. The Morgan fingerprint density at radius 2 is 1.74 bits per heavy atom. The molecule has 2 aliphatic rings. The monoisotopic (exact) mass is 460 g/mol. The fourth-order valence-electron chi connectivity index (χ4n) is 4.86. The second kappa shape index (κ2) is 9.27. The first kappa shape index (κ1) is 22.7. The summed E-state index contributed by atoms with van der Waals surface area (Å²) < 4.78 is 11.8. The molecular formula is C27H32N4O3. The van der Waals surface area contributed by atoms with Crippen LogP contribution in [0.15, 0.2) is 60.7 Å². The molecular weight excluding hydrogens is 428 g/mol. The molecule has 0 spiro atoms. The first-order chi connectivity index (χ1) is 16.5. The number of rotatable bonds is 6. The van der Waals surface area contributed by atoms with Gasteiger partial charge in [0.2, 0.25) is 0 Å². The molecule has 0 amide bonds. The maximum Gasteiger partial charge on any atom is 0.147 e. The van der Waals surface area contributed by atoms with Crippen LogP contribution >= 0.6 is 0 Å². The number of hydrogen-bond acceptors (Lipinski definition) is 7. The smallest absolute Gasteiger partial charge is 0.147 e. The van der Waals surface area contributed by atoms with E-state index in [4.69, 9.17) is 20.9 Å². The predicted octanol–water partition coefficient (Wildman–Crippen LogP) is 2.89. The Hall–Kier alpha value is -3.10. The second-order valence-electron chi connectivity index (χ2n) is 9.05. The summed E-state index contributed by atoms with van der Waals surface area (Å²) in [5.41, 5.74) is 15.3. The summed E-state index contributed by atoms with van der Waals surface area (Å²) in [5.74, 6) is 1.17. The van der Waals surface area contributed by atoms with Gasteiger partial charge in [0.25, 0.3) is 0 Å². The lowest BCUT2D eigenvalue weighted by Crippen LogP contribution is -2.36. The number of hydrogen-bond donors (Lipinski definition) is 3. The van der Waals surface area contributed by atoms with E-state index in [-0.39, 0.29) is 0 Å². The molecule has 34 heavy (non-hydrogen) atoms. The van der Waals surface area contributed by atoms with E-state index in [2.05, 4.69) is 21.9 Å². The van der Waals surface area contributed by atoms with Crippen molar-refractivity contribution in [2.24, 2.45) is 5.73 Å². The van der Waals surface area contributed by atoms with Gasteiger partial charge in [0.15, 0.2) is 0 Å². The zero-order chi connectivity index (χ0) is 23.7. The molecule has 178 valence electrons. The molecule has 3 aromatic rings. The van der Waals surface area contributed by atoms with Crippen molar-refractivity contribution in [3.8, 4) is 11.5 Å². The van der Waals surface area contributed by atoms with Crippen LogP contribution in [0.5, 0.6) is 11.5 Å². The van der Waals surface area contributed by atoms with Gasteiger partial charge in [0.1, 0.15) is 17.1 Å². The largest absolute Gasteiger partial charge is 0.456 e. The molecule has 7 heteroatoms. The number of morpholine rings is 1. The van der Waals surface area contributed by atoms with Gasteiger partial charge < -0.3 is 30.9 Å². The number of nitrogen functional groups attached to an aromatic ring is 1. The van der Waals surface area contributed by atoms with Gasteiger partial charge in [-0.15, -0.1) is 0 Å². The normalized spacial score (nSPS) is 19.7. The molecule has 5 N–H and O–H groups in total. The summed E-state index contributed by atoms with van der Waals surface area (Å²) in [4.78, 5) is 4.44. The number of nitrogens with two attached hydrogens (primary N) is 2. The number of fused-ring (bicyclic) bond motifs is 2. The summed E-state index contributed by atoms with van der Waals surface area (Å²) in [6.45, 7) is 5.41. The van der Waals surface area contributed by atoms with Gasteiger partial charge in [-0.3, -0.25) is 4.90 Å². The number of nitrogens with zero attached hydrogens (tertiary/aromatic N) is 2. The molecule has 1 unspecified atom stereocenters. The fraction of sp³-hybridized carbons (Fsp3) is 0.333. The van der Waals surface area contributed by atoms with Gasteiger partial charge in [0.05, 0.1) is 13.2 Å². The minimum atomic E-state index is -1.37. The molecule has 0 saturated carbocycles. The molecule has 5 rings (SSSR count). The highest BCUT2D eigenvalue weighted by molar-refractivity contribution is 5.67. The SMILES string of the molecule is CN(CCN)c1ccc2c(c1)Oc1cc(N)ccc1C2(O)c1cccc(CN2CCOCC2)c1. The van der Waals surface area contributed by atoms with Crippen LogP contribution in [0.1, 0.15) is 22.3 Å². The molecule has 0 aromatic heterocycles. The van der Waals surface area contributed by atoms with Crippen molar-refractivity contribution in [2.75, 3.05) is 57.1 Å². The molecule has 2 aliphatic heterocycles. The van der Waals surface area contributed by atoms with E-state index in [1.54, 1.807) is 12.1 Å². The Morgan fingerprint density at radius 3 is 2.50 bits per heavy atom. The van der Waals surface area contributed by atoms with Crippen LogP contribution < -0.4 is 21.1 Å². The Balaban J connectivity index is 1.59. The van der Waals surface area contributed by atoms with Gasteiger partial charge >= 0.3 is 0 Å². The quantitative estimate of drug-likeness (QED) is 0.487. The number of benzene rings is 3. The van der Waals surface area contributed by atoms with Gasteiger partial charge in [0, 0.05) is 74.4 Å². The van der Waals surface area contributed by atoms with Crippen LogP contribution in [0.3, 0.4) is 0 Å². The maximum absolute atomic E-state index is 12.4. The third-order valence-electron chi connectivity index (χ3n) is 6.73. The molecule has 0 aliphatic carbocycles. The molecule has 3 aromatic carbocycles. The van der Waals surface area contributed by atoms with Gasteiger partial charge in [-0.1, -0.05) is 24.3 Å². The average Bonchev–Trinajstić information content (AvgIpc) is 2.84. The molecule has 0 bridgehead atoms. The molecule has 1 saturated heterocycles. The lowest BCUT2D eigenvalue weighted by molar-refractivity contribution is 0.0341. The van der Waals surface area contributed by atoms with Crippen molar-refractivity contribution in [3.63, 3.8) is 0 Å². The first-order valence-corrected chi connectivity index (χ1v) is 11.7. The number of ether oxygens (including phenoxy) is 2. The zero-order valence-electron chi connectivity index (χ0n) is 19.5. The fourth-order valence-corrected chi connectivity index (χ4v) is 4.86. The Morgan fingerprint density at radius 1 is 1.00 bits per heavy atom. The van der Waals surface area contributed by atoms with E-state index < -0.39 is 5.60 Å². The maximum atomic E-state index is 12.4. The lowest BCUT2D eigenvalue weighted by atomic mass is 9.77. The molecule has 1 atom stereocenters. The second-order valence-corrected chi connectivity index (χ2v) is 9.05. The summed E-state index contributed by atoms with van der Waals surface area (Å²) >= 11 is 0. The summed E-state index contributed by atoms with van der Waals surface area (Å²) in [6.07, 6.45) is 0. The van der Waals surface area contributed by atoms with Crippen molar-refractivity contribution < 1.29 is 14.6 Å². The zero-order valence-corrected chi connectivity index (χ0v) is 19.5. The third-order valence-corrected chi connectivity index (χ3v) is 6.73. The summed E-state index contributed by atoms with van der Waals surface area (Å²) in [5, 5.41) is 12.4. The standard InChI is InChI=1S/C27H32N4O3/c1-30(10-9-28)22-6-8-24-26(17-22)34-25-16-21(29)5-7-23(25)27(24,32)20-4-2-3-19(15-20)18-31-11-13-33-14-12-31/h2-8,15-17,32H,9-14,18,28-29H2,1H3. The van der Waals surface area contributed by atoms with Crippen LogP contribution in [0.4, 0.5) is 11.4 Å². The molecule has 1 fully saturated rings. The minimum Gasteiger partial charge on any atom is -0.456 e. The number of likely N-dealkylation sites (N-methyl/N-ethyl adjacent to an activating group) is 1. The first-order valence-electron chi connectivity index (χ1n) is 11.7. The Labute approximate surface area is 200 Å². The molecule has 7 nitrogen and oxygen atoms in total. The van der Waals surface area contributed by atoms with Gasteiger partial charge in [-0.05, 0) is 35.4 Å². The third kappa shape index (κ3) is 4.12. The van der Waals surface area contributed by atoms with Crippen molar-refractivity contribution in [1.29, 1.82) is 0 Å². The number of aliphatic hydroxyl groups is 1. The average molecular weight is 461 g/mol. The van der Waals surface area contributed by atoms with Crippen molar-refractivity contribution >= 4 is 11.4 Å². The van der Waals surface area contributed by atoms with Crippen LogP contribution in [0.2, 0.25) is 0 Å². The van der Waals surface area contributed by atoms with Crippen molar-refractivity contribution in [3.05, 3.63) is 82.9 Å². The predicted molar refractivity (Wildman–Crippen MR) is 134 cm³/mol. The van der Waals surface area contributed by atoms with E-state index >= 15 is 0 Å². The highest BCUT2D eigenvalue weighted by Gasteiger charge is 2.42. The van der Waals surface area contributed by atoms with Crippen LogP contribution in [0, 0.1) is 0 Å². The summed E-state index contributed by atoms with van der Waals surface area (Å²) in [6, 6.07) is 19.5. The molecule has 2 heterocycles. The van der Waals surface area contributed by atoms with Crippen molar-refractivity contribution in [2.45, 2.75) is 12.1 Å².